The molecule has 0 bridgehead atoms. The van der Waals surface area contributed by atoms with Gasteiger partial charge < -0.3 is 4.18 Å². The lowest BCUT2D eigenvalue weighted by molar-refractivity contribution is 0.0888. The molecular weight excluding hydrogens is 414 g/mol. The molecule has 158 valence electrons. The number of carbonyl (C=O) groups excluding carboxylic acids is 2. The molecule has 1 aromatic heterocycles. The number of carbonyl (C=O) groups is 2. The summed E-state index contributed by atoms with van der Waals surface area (Å²) in [5.41, 5.74) is 1.65. The van der Waals surface area contributed by atoms with Gasteiger partial charge in [-0.25, -0.2) is 0 Å². The lowest BCUT2D eigenvalue weighted by Gasteiger charge is -2.21. The summed E-state index contributed by atoms with van der Waals surface area (Å²) in [4.78, 5) is 30.1. The van der Waals surface area contributed by atoms with Crippen molar-refractivity contribution in [2.24, 2.45) is 0 Å². The molecule has 0 aliphatic heterocycles. The maximum absolute atomic E-state index is 12.8. The normalized spacial score (nSPS) is 17.8. The van der Waals surface area contributed by atoms with E-state index in [1.54, 1.807) is 54.6 Å². The Morgan fingerprint density at radius 3 is 2.16 bits per heavy atom. The van der Waals surface area contributed by atoms with Crippen LogP contribution in [0, 0.1) is 0 Å². The molecule has 1 saturated carbocycles. The number of fused-ring (bicyclic) bond motifs is 2. The number of benzene rings is 2. The topological polar surface area (TPSA) is 90.4 Å². The van der Waals surface area contributed by atoms with Crippen LogP contribution < -0.4 is 4.18 Å². The third-order valence-corrected chi connectivity index (χ3v) is 7.86. The van der Waals surface area contributed by atoms with Crippen molar-refractivity contribution >= 4 is 32.6 Å². The second-order valence-corrected chi connectivity index (χ2v) is 9.92. The summed E-state index contributed by atoms with van der Waals surface area (Å²) in [6.45, 7) is 0. The second-order valence-electron chi connectivity index (χ2n) is 8.10. The van der Waals surface area contributed by atoms with Crippen molar-refractivity contribution in [1.29, 1.82) is 0 Å². The molecule has 31 heavy (non-hydrogen) atoms. The van der Waals surface area contributed by atoms with Crippen LogP contribution in [0.25, 0.3) is 10.9 Å². The number of hydrogen-bond acceptors (Lipinski definition) is 6. The molecular formula is C24H21NO5S. The Kier molecular flexibility index (Phi) is 4.85. The Morgan fingerprint density at radius 1 is 0.806 bits per heavy atom. The monoisotopic (exact) mass is 435 g/mol. The van der Waals surface area contributed by atoms with Crippen LogP contribution in [0.5, 0.6) is 5.75 Å². The van der Waals surface area contributed by atoms with Crippen LogP contribution in [0.15, 0.2) is 54.6 Å². The molecule has 2 aliphatic rings. The van der Waals surface area contributed by atoms with Gasteiger partial charge in [0, 0.05) is 16.5 Å². The number of ketones is 2. The van der Waals surface area contributed by atoms with Gasteiger partial charge in [-0.05, 0) is 37.1 Å². The van der Waals surface area contributed by atoms with E-state index >= 15 is 0 Å². The van der Waals surface area contributed by atoms with Gasteiger partial charge in [-0.15, -0.1) is 0 Å². The average Bonchev–Trinajstić information content (AvgIpc) is 3.04. The van der Waals surface area contributed by atoms with Gasteiger partial charge >= 0.3 is 10.1 Å². The van der Waals surface area contributed by atoms with Crippen molar-refractivity contribution in [3.63, 3.8) is 0 Å². The van der Waals surface area contributed by atoms with Gasteiger partial charge in [-0.1, -0.05) is 49.6 Å². The van der Waals surface area contributed by atoms with Gasteiger partial charge in [0.05, 0.1) is 16.5 Å². The quantitative estimate of drug-likeness (QED) is 0.445. The predicted octanol–water partition coefficient (Wildman–Crippen LogP) is 4.44. The van der Waals surface area contributed by atoms with Gasteiger partial charge in [0.2, 0.25) is 0 Å². The third-order valence-electron chi connectivity index (χ3n) is 6.16. The molecule has 0 amide bonds. The standard InChI is InChI=1S/C24H21NO5S/c26-23-16-9-4-5-10-17(16)24(27)22(23)20-14-13-18-19(25-20)11-6-12-21(18)30-31(28,29)15-7-2-1-3-8-15/h4-6,9-15,22H,1-3,7-8H2. The van der Waals surface area contributed by atoms with E-state index < -0.39 is 21.3 Å². The van der Waals surface area contributed by atoms with E-state index in [9.17, 15) is 18.0 Å². The number of rotatable bonds is 4. The minimum Gasteiger partial charge on any atom is -0.381 e. The van der Waals surface area contributed by atoms with Gasteiger partial charge in [0.25, 0.3) is 0 Å². The molecule has 0 spiro atoms. The van der Waals surface area contributed by atoms with Crippen molar-refractivity contribution in [2.75, 3.05) is 0 Å². The van der Waals surface area contributed by atoms with Crippen LogP contribution in [0.4, 0.5) is 0 Å². The first kappa shape index (κ1) is 19.9. The minimum absolute atomic E-state index is 0.217. The fraction of sp³-hybridized carbons (Fsp3) is 0.292. The van der Waals surface area contributed by atoms with Crippen molar-refractivity contribution in [2.45, 2.75) is 43.3 Å². The highest BCUT2D eigenvalue weighted by atomic mass is 32.2. The highest BCUT2D eigenvalue weighted by molar-refractivity contribution is 7.87. The fourth-order valence-corrected chi connectivity index (χ4v) is 5.98. The Labute approximate surface area is 180 Å². The van der Waals surface area contributed by atoms with Crippen LogP contribution in [0.1, 0.15) is 64.4 Å². The molecule has 0 atom stereocenters. The minimum atomic E-state index is -3.74. The molecule has 1 fully saturated rings. The fourth-order valence-electron chi connectivity index (χ4n) is 4.53. The average molecular weight is 436 g/mol. The SMILES string of the molecule is O=C1c2ccccc2C(=O)C1c1ccc2c(OS(=O)(=O)C3CCCCC3)cccc2n1. The zero-order chi connectivity index (χ0) is 21.6. The summed E-state index contributed by atoms with van der Waals surface area (Å²) < 4.78 is 31.0. The Bertz CT molecular complexity index is 1270. The maximum Gasteiger partial charge on any atom is 0.312 e. The first-order valence-electron chi connectivity index (χ1n) is 10.5. The first-order chi connectivity index (χ1) is 15.0. The molecule has 0 unspecified atom stereocenters. The molecule has 0 radical (unpaired) electrons. The first-order valence-corrected chi connectivity index (χ1v) is 11.9. The smallest absolute Gasteiger partial charge is 0.312 e. The Balaban J connectivity index is 1.49. The molecule has 0 saturated heterocycles. The summed E-state index contributed by atoms with van der Waals surface area (Å²) in [6.07, 6.45) is 4.05. The molecule has 1 heterocycles. The summed E-state index contributed by atoms with van der Waals surface area (Å²) >= 11 is 0. The number of nitrogens with zero attached hydrogens (tertiary/aromatic N) is 1. The van der Waals surface area contributed by atoms with Gasteiger partial charge in [-0.2, -0.15) is 8.42 Å². The molecule has 2 aliphatic carbocycles. The largest absolute Gasteiger partial charge is 0.381 e. The Morgan fingerprint density at radius 2 is 1.48 bits per heavy atom. The highest BCUT2D eigenvalue weighted by Crippen LogP contribution is 2.35. The van der Waals surface area contributed by atoms with Crippen LogP contribution in [-0.2, 0) is 10.1 Å². The van der Waals surface area contributed by atoms with E-state index in [4.69, 9.17) is 4.18 Å². The zero-order valence-electron chi connectivity index (χ0n) is 16.8. The maximum atomic E-state index is 12.8. The molecule has 7 heteroatoms. The summed E-state index contributed by atoms with van der Waals surface area (Å²) in [5, 5.41) is 0.0389. The number of aromatic nitrogens is 1. The van der Waals surface area contributed by atoms with Gasteiger partial charge in [0.1, 0.15) is 5.92 Å². The van der Waals surface area contributed by atoms with Gasteiger partial charge in [-0.3, -0.25) is 14.6 Å². The van der Waals surface area contributed by atoms with Crippen LogP contribution in [0.2, 0.25) is 0 Å². The number of pyridine rings is 1. The summed E-state index contributed by atoms with van der Waals surface area (Å²) in [5.74, 6) is -1.29. The molecule has 5 rings (SSSR count). The summed E-state index contributed by atoms with van der Waals surface area (Å²) in [7, 11) is -3.74. The van der Waals surface area contributed by atoms with E-state index in [1.807, 2.05) is 0 Å². The zero-order valence-corrected chi connectivity index (χ0v) is 17.6. The number of hydrogen-bond donors (Lipinski definition) is 0. The van der Waals surface area contributed by atoms with Crippen LogP contribution >= 0.6 is 0 Å². The molecule has 0 N–H and O–H groups in total. The van der Waals surface area contributed by atoms with E-state index in [0.717, 1.165) is 19.3 Å². The van der Waals surface area contributed by atoms with Crippen molar-refractivity contribution in [3.8, 4) is 5.75 Å². The van der Waals surface area contributed by atoms with Gasteiger partial charge in [0.15, 0.2) is 17.3 Å². The van der Waals surface area contributed by atoms with E-state index in [1.165, 1.54) is 0 Å². The van der Waals surface area contributed by atoms with E-state index in [0.29, 0.717) is 40.6 Å². The molecule has 3 aromatic rings. The lowest BCUT2D eigenvalue weighted by Crippen LogP contribution is -2.28. The van der Waals surface area contributed by atoms with Crippen molar-refractivity contribution in [1.82, 2.24) is 4.98 Å². The van der Waals surface area contributed by atoms with Crippen molar-refractivity contribution < 1.29 is 22.2 Å². The van der Waals surface area contributed by atoms with Crippen LogP contribution in [-0.4, -0.2) is 30.2 Å². The summed E-state index contributed by atoms with van der Waals surface area (Å²) in [6, 6.07) is 15.0. The highest BCUT2D eigenvalue weighted by Gasteiger charge is 2.40. The van der Waals surface area contributed by atoms with Crippen LogP contribution in [0.3, 0.4) is 0 Å². The van der Waals surface area contributed by atoms with E-state index in [2.05, 4.69) is 4.98 Å². The van der Waals surface area contributed by atoms with Crippen molar-refractivity contribution in [3.05, 3.63) is 71.4 Å². The van der Waals surface area contributed by atoms with E-state index in [-0.39, 0.29) is 17.3 Å². The predicted molar refractivity (Wildman–Crippen MR) is 116 cm³/mol. The lowest BCUT2D eigenvalue weighted by atomic mass is 9.98. The third kappa shape index (κ3) is 3.43. The molecule has 2 aromatic carbocycles. The molecule has 6 nitrogen and oxygen atoms in total. The Hall–Kier alpha value is -3.06. The second kappa shape index (κ2) is 7.57. The number of Topliss-reactive ketones (excluding diaryl/α,β-unsaturated/α-hetero) is 2.